The Kier molecular flexibility index (Phi) is 6.93. The number of rotatable bonds is 6. The lowest BCUT2D eigenvalue weighted by Gasteiger charge is -2.38. The number of anilines is 1. The highest BCUT2D eigenvalue weighted by molar-refractivity contribution is 5.95. The molecule has 1 fully saturated rings. The van der Waals surface area contributed by atoms with Crippen molar-refractivity contribution in [2.45, 2.75) is 19.9 Å². The molecule has 1 atom stereocenters. The molecule has 0 unspecified atom stereocenters. The fourth-order valence-corrected chi connectivity index (χ4v) is 4.42. The average molecular weight is 453 g/mol. The number of hydrogen-bond acceptors (Lipinski definition) is 5. The van der Waals surface area contributed by atoms with Gasteiger partial charge < -0.3 is 20.3 Å². The van der Waals surface area contributed by atoms with Crippen LogP contribution in [0.5, 0.6) is 0 Å². The Morgan fingerprint density at radius 2 is 1.88 bits per heavy atom. The second kappa shape index (κ2) is 10.0. The number of amides is 2. The summed E-state index contributed by atoms with van der Waals surface area (Å²) in [6, 6.07) is 13.0. The van der Waals surface area contributed by atoms with Crippen molar-refractivity contribution in [3.8, 4) is 0 Å². The second-order valence-corrected chi connectivity index (χ2v) is 8.25. The molecule has 0 spiro atoms. The molecule has 2 aliphatic rings. The van der Waals surface area contributed by atoms with Crippen LogP contribution >= 0.6 is 0 Å². The SMILES string of the molecule is CCOC(=O)C1=C(CN2CCN(c3ccccc3C)CC2)NC(=O)N[C@H]1c1cccc(F)c1. The van der Waals surface area contributed by atoms with Gasteiger partial charge in [-0.25, -0.2) is 14.0 Å². The Labute approximate surface area is 193 Å². The summed E-state index contributed by atoms with van der Waals surface area (Å²) in [5.74, 6) is -0.954. The van der Waals surface area contributed by atoms with Gasteiger partial charge in [-0.1, -0.05) is 30.3 Å². The number of ether oxygens (including phenoxy) is 1. The molecule has 33 heavy (non-hydrogen) atoms. The second-order valence-electron chi connectivity index (χ2n) is 8.25. The predicted octanol–water partition coefficient (Wildman–Crippen LogP) is 3.13. The molecule has 0 radical (unpaired) electrons. The third kappa shape index (κ3) is 5.17. The maximum absolute atomic E-state index is 13.9. The molecule has 0 bridgehead atoms. The van der Waals surface area contributed by atoms with Crippen molar-refractivity contribution in [2.24, 2.45) is 0 Å². The number of para-hydroxylation sites is 1. The number of halogens is 1. The van der Waals surface area contributed by atoms with Gasteiger partial charge in [0, 0.05) is 44.1 Å². The van der Waals surface area contributed by atoms with Crippen LogP contribution in [0.2, 0.25) is 0 Å². The highest BCUT2D eigenvalue weighted by Crippen LogP contribution is 2.29. The van der Waals surface area contributed by atoms with E-state index in [4.69, 9.17) is 4.74 Å². The zero-order valence-electron chi connectivity index (χ0n) is 18.9. The van der Waals surface area contributed by atoms with Crippen LogP contribution in [0.25, 0.3) is 0 Å². The van der Waals surface area contributed by atoms with E-state index in [9.17, 15) is 14.0 Å². The molecule has 4 rings (SSSR count). The minimum Gasteiger partial charge on any atom is -0.463 e. The van der Waals surface area contributed by atoms with Gasteiger partial charge in [0.15, 0.2) is 0 Å². The lowest BCUT2D eigenvalue weighted by Crippen LogP contribution is -2.52. The highest BCUT2D eigenvalue weighted by Gasteiger charge is 2.35. The Balaban J connectivity index is 1.57. The van der Waals surface area contributed by atoms with Gasteiger partial charge in [0.25, 0.3) is 0 Å². The molecular weight excluding hydrogens is 423 g/mol. The van der Waals surface area contributed by atoms with Crippen molar-refractivity contribution in [3.63, 3.8) is 0 Å². The van der Waals surface area contributed by atoms with E-state index >= 15 is 0 Å². The van der Waals surface area contributed by atoms with Gasteiger partial charge in [0.05, 0.1) is 18.2 Å². The molecule has 0 aromatic heterocycles. The number of esters is 1. The highest BCUT2D eigenvalue weighted by atomic mass is 19.1. The van der Waals surface area contributed by atoms with Crippen molar-refractivity contribution in [1.29, 1.82) is 0 Å². The zero-order chi connectivity index (χ0) is 23.4. The van der Waals surface area contributed by atoms with E-state index in [2.05, 4.69) is 39.5 Å². The Hall–Kier alpha value is -3.39. The molecule has 8 heteroatoms. The van der Waals surface area contributed by atoms with Crippen molar-refractivity contribution in [3.05, 3.63) is 76.7 Å². The summed E-state index contributed by atoms with van der Waals surface area (Å²) in [5.41, 5.74) is 3.76. The van der Waals surface area contributed by atoms with Crippen LogP contribution in [0, 0.1) is 12.7 Å². The summed E-state index contributed by atoms with van der Waals surface area (Å²) < 4.78 is 19.2. The first-order chi connectivity index (χ1) is 16.0. The van der Waals surface area contributed by atoms with Crippen LogP contribution < -0.4 is 15.5 Å². The number of carbonyl (C=O) groups is 2. The summed E-state index contributed by atoms with van der Waals surface area (Å²) in [4.78, 5) is 29.9. The summed E-state index contributed by atoms with van der Waals surface area (Å²) in [6.45, 7) is 7.68. The van der Waals surface area contributed by atoms with Gasteiger partial charge in [-0.2, -0.15) is 0 Å². The minimum absolute atomic E-state index is 0.203. The van der Waals surface area contributed by atoms with Crippen molar-refractivity contribution >= 4 is 17.7 Å². The summed E-state index contributed by atoms with van der Waals surface area (Å²) in [6.07, 6.45) is 0. The third-order valence-electron chi connectivity index (χ3n) is 6.04. The first kappa shape index (κ1) is 22.8. The van der Waals surface area contributed by atoms with Gasteiger partial charge in [-0.3, -0.25) is 4.90 Å². The summed E-state index contributed by atoms with van der Waals surface area (Å²) >= 11 is 0. The number of hydrogen-bond donors (Lipinski definition) is 2. The predicted molar refractivity (Wildman–Crippen MR) is 124 cm³/mol. The fraction of sp³-hybridized carbons (Fsp3) is 0.360. The van der Waals surface area contributed by atoms with E-state index < -0.39 is 23.9 Å². The molecule has 2 aromatic carbocycles. The molecule has 0 aliphatic carbocycles. The van der Waals surface area contributed by atoms with E-state index in [1.165, 1.54) is 23.4 Å². The number of benzene rings is 2. The quantitative estimate of drug-likeness (QED) is 0.659. The number of piperazine rings is 1. The van der Waals surface area contributed by atoms with Gasteiger partial charge in [-0.15, -0.1) is 0 Å². The van der Waals surface area contributed by atoms with Crippen LogP contribution in [0.3, 0.4) is 0 Å². The monoisotopic (exact) mass is 452 g/mol. The lowest BCUT2D eigenvalue weighted by atomic mass is 9.94. The summed E-state index contributed by atoms with van der Waals surface area (Å²) in [5, 5.41) is 5.55. The topological polar surface area (TPSA) is 73.9 Å². The largest absolute Gasteiger partial charge is 0.463 e. The van der Waals surface area contributed by atoms with Crippen LogP contribution in [0.1, 0.15) is 24.1 Å². The number of nitrogens with zero attached hydrogens (tertiary/aromatic N) is 2. The maximum Gasteiger partial charge on any atom is 0.338 e. The summed E-state index contributed by atoms with van der Waals surface area (Å²) in [7, 11) is 0. The number of aryl methyl sites for hydroxylation is 1. The Morgan fingerprint density at radius 3 is 2.58 bits per heavy atom. The van der Waals surface area contributed by atoms with Crippen LogP contribution in [0.15, 0.2) is 59.8 Å². The van der Waals surface area contributed by atoms with Gasteiger partial charge in [-0.05, 0) is 43.2 Å². The van der Waals surface area contributed by atoms with E-state index in [1.807, 2.05) is 12.1 Å². The van der Waals surface area contributed by atoms with Gasteiger partial charge >= 0.3 is 12.0 Å². The molecule has 0 saturated carbocycles. The molecule has 2 N–H and O–H groups in total. The number of urea groups is 1. The molecule has 7 nitrogen and oxygen atoms in total. The Bertz CT molecular complexity index is 1060. The van der Waals surface area contributed by atoms with Crippen LogP contribution in [-0.4, -0.2) is 56.2 Å². The average Bonchev–Trinajstić information content (AvgIpc) is 2.80. The van der Waals surface area contributed by atoms with Crippen LogP contribution in [-0.2, 0) is 9.53 Å². The van der Waals surface area contributed by atoms with E-state index in [0.717, 1.165) is 26.2 Å². The van der Waals surface area contributed by atoms with Crippen LogP contribution in [0.4, 0.5) is 14.9 Å². The smallest absolute Gasteiger partial charge is 0.338 e. The first-order valence-corrected chi connectivity index (χ1v) is 11.2. The first-order valence-electron chi connectivity index (χ1n) is 11.2. The van der Waals surface area contributed by atoms with Crippen molar-refractivity contribution in [2.75, 3.05) is 44.2 Å². The molecule has 1 saturated heterocycles. The molecule has 2 aliphatic heterocycles. The third-order valence-corrected chi connectivity index (χ3v) is 6.04. The van der Waals surface area contributed by atoms with Crippen molar-refractivity contribution in [1.82, 2.24) is 15.5 Å². The maximum atomic E-state index is 13.9. The molecule has 2 aromatic rings. The number of nitrogens with one attached hydrogen (secondary N) is 2. The van der Waals surface area contributed by atoms with E-state index in [0.29, 0.717) is 23.4 Å². The molecular formula is C25H29FN4O3. The van der Waals surface area contributed by atoms with Crippen molar-refractivity contribution < 1.29 is 18.7 Å². The molecule has 174 valence electrons. The van der Waals surface area contributed by atoms with Gasteiger partial charge in [0.1, 0.15) is 5.82 Å². The molecule has 2 amide bonds. The van der Waals surface area contributed by atoms with Gasteiger partial charge in [0.2, 0.25) is 0 Å². The lowest BCUT2D eigenvalue weighted by molar-refractivity contribution is -0.139. The van der Waals surface area contributed by atoms with E-state index in [1.54, 1.807) is 19.1 Å². The zero-order valence-corrected chi connectivity index (χ0v) is 18.9. The minimum atomic E-state index is -0.781. The standard InChI is InChI=1S/C25H29FN4O3/c1-3-33-24(31)22-20(27-25(32)28-23(22)18-8-6-9-19(26)15-18)16-29-11-13-30(14-12-29)21-10-5-4-7-17(21)2/h4-10,15,23H,3,11-14,16H2,1-2H3,(H2,27,28,32)/t23-/m0/s1. The molecule has 2 heterocycles. The Morgan fingerprint density at radius 1 is 1.12 bits per heavy atom. The van der Waals surface area contributed by atoms with E-state index in [-0.39, 0.29) is 6.61 Å². The normalized spacial score (nSPS) is 19.2. The number of carbonyl (C=O) groups excluding carboxylic acids is 2. The fourth-order valence-electron chi connectivity index (χ4n) is 4.42.